The van der Waals surface area contributed by atoms with E-state index in [0.29, 0.717) is 17.9 Å². The zero-order valence-electron chi connectivity index (χ0n) is 15.1. The van der Waals surface area contributed by atoms with Crippen LogP contribution in [0.4, 0.5) is 0 Å². The van der Waals surface area contributed by atoms with Crippen molar-refractivity contribution in [2.24, 2.45) is 0 Å². The van der Waals surface area contributed by atoms with Crippen LogP contribution in [-0.4, -0.2) is 25.0 Å². The molecule has 0 saturated heterocycles. The Labute approximate surface area is 153 Å². The Morgan fingerprint density at radius 1 is 0.846 bits per heavy atom. The number of hydrogen-bond donors (Lipinski definition) is 2. The Bertz CT molecular complexity index is 712. The van der Waals surface area contributed by atoms with Crippen molar-refractivity contribution in [1.29, 1.82) is 0 Å². The molecule has 26 heavy (non-hydrogen) atoms. The van der Waals surface area contributed by atoms with Crippen molar-refractivity contribution >= 4 is 11.8 Å². The zero-order chi connectivity index (χ0) is 18.8. The molecule has 0 radical (unpaired) electrons. The number of aryl methyl sites for hydroxylation is 1. The topological polar surface area (TPSA) is 76.7 Å². The summed E-state index contributed by atoms with van der Waals surface area (Å²) in [5.74, 6) is 0.476. The van der Waals surface area contributed by atoms with Gasteiger partial charge in [-0.05, 0) is 54.8 Å². The minimum atomic E-state index is -0.449. The van der Waals surface area contributed by atoms with Crippen molar-refractivity contribution < 1.29 is 19.1 Å². The van der Waals surface area contributed by atoms with Crippen molar-refractivity contribution in [1.82, 2.24) is 10.9 Å². The van der Waals surface area contributed by atoms with Gasteiger partial charge in [0.25, 0.3) is 11.8 Å². The van der Waals surface area contributed by atoms with E-state index in [9.17, 15) is 9.59 Å². The first kappa shape index (κ1) is 19.3. The molecule has 2 N–H and O–H groups in total. The third kappa shape index (κ3) is 6.12. The third-order valence-electron chi connectivity index (χ3n) is 3.61. The van der Waals surface area contributed by atoms with Crippen LogP contribution in [0.1, 0.15) is 36.2 Å². The fourth-order valence-corrected chi connectivity index (χ4v) is 2.13. The van der Waals surface area contributed by atoms with Gasteiger partial charge in [-0.2, -0.15) is 0 Å². The lowest BCUT2D eigenvalue weighted by Crippen LogP contribution is -2.43. The molecule has 0 spiro atoms. The molecule has 0 aliphatic carbocycles. The largest absolute Gasteiger partial charge is 0.494 e. The normalized spacial score (nSPS) is 10.1. The van der Waals surface area contributed by atoms with E-state index >= 15 is 0 Å². The number of benzene rings is 2. The summed E-state index contributed by atoms with van der Waals surface area (Å²) < 4.78 is 10.9. The van der Waals surface area contributed by atoms with E-state index in [4.69, 9.17) is 9.47 Å². The quantitative estimate of drug-likeness (QED) is 0.713. The highest BCUT2D eigenvalue weighted by Crippen LogP contribution is 2.17. The molecule has 0 saturated carbocycles. The summed E-state index contributed by atoms with van der Waals surface area (Å²) in [6.07, 6.45) is 1.84. The molecule has 0 aliphatic rings. The molecular weight excluding hydrogens is 332 g/mol. The number of ether oxygens (including phenoxy) is 2. The Kier molecular flexibility index (Phi) is 7.49. The zero-order valence-corrected chi connectivity index (χ0v) is 15.1. The second-order valence-electron chi connectivity index (χ2n) is 5.66. The number of hydrogen-bond acceptors (Lipinski definition) is 4. The van der Waals surface area contributed by atoms with Crippen molar-refractivity contribution in [2.75, 3.05) is 13.2 Å². The highest BCUT2D eigenvalue weighted by Gasteiger charge is 2.08. The lowest BCUT2D eigenvalue weighted by atomic mass is 10.1. The first-order valence-electron chi connectivity index (χ1n) is 8.66. The molecule has 0 atom stereocenters. The molecule has 2 amide bonds. The molecule has 0 unspecified atom stereocenters. The number of nitrogens with one attached hydrogen (secondary N) is 2. The van der Waals surface area contributed by atoms with Gasteiger partial charge in [-0.25, -0.2) is 0 Å². The lowest BCUT2D eigenvalue weighted by Gasteiger charge is -2.10. The van der Waals surface area contributed by atoms with Gasteiger partial charge in [-0.3, -0.25) is 20.4 Å². The molecule has 2 rings (SSSR count). The second kappa shape index (κ2) is 10.1. The van der Waals surface area contributed by atoms with E-state index in [1.54, 1.807) is 36.4 Å². The predicted octanol–water partition coefficient (Wildman–Crippen LogP) is 2.88. The Morgan fingerprint density at radius 3 is 2.04 bits per heavy atom. The summed E-state index contributed by atoms with van der Waals surface area (Å²) in [7, 11) is 0. The molecule has 138 valence electrons. The maximum Gasteiger partial charge on any atom is 0.276 e. The van der Waals surface area contributed by atoms with E-state index in [0.717, 1.165) is 24.2 Å². The number of rotatable bonds is 8. The second-order valence-corrected chi connectivity index (χ2v) is 5.66. The van der Waals surface area contributed by atoms with Crippen molar-refractivity contribution in [3.05, 3.63) is 59.7 Å². The standard InChI is InChI=1S/C20H24N2O4/c1-3-13-25-17-9-11-18(12-10-17)26-14-19(23)21-22-20(24)16-7-5-15(4-2)6-8-16/h5-12H,3-4,13-14H2,1-2H3,(H,21,23)(H,22,24). The van der Waals surface area contributed by atoms with Gasteiger partial charge >= 0.3 is 0 Å². The lowest BCUT2D eigenvalue weighted by molar-refractivity contribution is -0.123. The van der Waals surface area contributed by atoms with Crippen molar-refractivity contribution in [3.8, 4) is 11.5 Å². The Balaban J connectivity index is 1.73. The third-order valence-corrected chi connectivity index (χ3v) is 3.61. The van der Waals surface area contributed by atoms with Gasteiger partial charge in [0.15, 0.2) is 6.61 Å². The Morgan fingerprint density at radius 2 is 1.46 bits per heavy atom. The molecule has 0 fully saturated rings. The number of carbonyl (C=O) groups excluding carboxylic acids is 2. The number of hydrazine groups is 1. The van der Waals surface area contributed by atoms with Crippen LogP contribution in [0.5, 0.6) is 11.5 Å². The van der Waals surface area contributed by atoms with Gasteiger partial charge in [0.2, 0.25) is 0 Å². The minimum absolute atomic E-state index is 0.204. The predicted molar refractivity (Wildman–Crippen MR) is 99.2 cm³/mol. The summed E-state index contributed by atoms with van der Waals surface area (Å²) >= 11 is 0. The first-order valence-corrected chi connectivity index (χ1v) is 8.66. The maximum atomic E-state index is 12.0. The summed E-state index contributed by atoms with van der Waals surface area (Å²) in [4.78, 5) is 23.8. The number of amides is 2. The molecule has 0 bridgehead atoms. The molecule has 6 nitrogen and oxygen atoms in total. The van der Waals surface area contributed by atoms with Crippen LogP contribution in [0, 0.1) is 0 Å². The molecule has 0 heterocycles. The summed E-state index contributed by atoms with van der Waals surface area (Å²) in [5, 5.41) is 0. The van der Waals surface area contributed by atoms with Crippen LogP contribution in [0.2, 0.25) is 0 Å². The fourth-order valence-electron chi connectivity index (χ4n) is 2.13. The average molecular weight is 356 g/mol. The van der Waals surface area contributed by atoms with Crippen LogP contribution >= 0.6 is 0 Å². The fraction of sp³-hybridized carbons (Fsp3) is 0.300. The van der Waals surface area contributed by atoms with Gasteiger partial charge < -0.3 is 9.47 Å². The van der Waals surface area contributed by atoms with E-state index in [1.807, 2.05) is 26.0 Å². The number of carbonyl (C=O) groups is 2. The molecule has 0 aliphatic heterocycles. The van der Waals surface area contributed by atoms with Crippen LogP contribution in [0.3, 0.4) is 0 Å². The highest BCUT2D eigenvalue weighted by atomic mass is 16.5. The monoisotopic (exact) mass is 356 g/mol. The van der Waals surface area contributed by atoms with Crippen LogP contribution in [0.15, 0.2) is 48.5 Å². The molecule has 6 heteroatoms. The van der Waals surface area contributed by atoms with E-state index in [-0.39, 0.29) is 12.5 Å². The van der Waals surface area contributed by atoms with Crippen molar-refractivity contribution in [3.63, 3.8) is 0 Å². The van der Waals surface area contributed by atoms with E-state index in [2.05, 4.69) is 10.9 Å². The molecule has 0 aromatic heterocycles. The van der Waals surface area contributed by atoms with Crippen LogP contribution in [-0.2, 0) is 11.2 Å². The van der Waals surface area contributed by atoms with E-state index in [1.165, 1.54) is 0 Å². The summed E-state index contributed by atoms with van der Waals surface area (Å²) in [5.41, 5.74) is 6.32. The smallest absolute Gasteiger partial charge is 0.276 e. The minimum Gasteiger partial charge on any atom is -0.494 e. The van der Waals surface area contributed by atoms with Crippen LogP contribution < -0.4 is 20.3 Å². The van der Waals surface area contributed by atoms with Crippen molar-refractivity contribution in [2.45, 2.75) is 26.7 Å². The molecular formula is C20H24N2O4. The SMILES string of the molecule is CCCOc1ccc(OCC(=O)NNC(=O)c2ccc(CC)cc2)cc1. The van der Waals surface area contributed by atoms with Gasteiger partial charge in [0.1, 0.15) is 11.5 Å². The Hall–Kier alpha value is -3.02. The molecule has 2 aromatic rings. The van der Waals surface area contributed by atoms with Gasteiger partial charge in [0.05, 0.1) is 6.61 Å². The average Bonchev–Trinajstić information content (AvgIpc) is 2.69. The van der Waals surface area contributed by atoms with Gasteiger partial charge in [-0.15, -0.1) is 0 Å². The van der Waals surface area contributed by atoms with Gasteiger partial charge in [0, 0.05) is 5.56 Å². The molecule has 2 aromatic carbocycles. The van der Waals surface area contributed by atoms with Gasteiger partial charge in [-0.1, -0.05) is 26.0 Å². The first-order chi connectivity index (χ1) is 12.6. The summed E-state index contributed by atoms with van der Waals surface area (Å²) in [6, 6.07) is 14.2. The van der Waals surface area contributed by atoms with Crippen LogP contribution in [0.25, 0.3) is 0 Å². The highest BCUT2D eigenvalue weighted by molar-refractivity contribution is 5.95. The summed E-state index contributed by atoms with van der Waals surface area (Å²) in [6.45, 7) is 4.53. The maximum absolute atomic E-state index is 12.0. The van der Waals surface area contributed by atoms with E-state index < -0.39 is 5.91 Å².